The van der Waals surface area contributed by atoms with E-state index in [0.29, 0.717) is 29.7 Å². The molecule has 1 aromatic rings. The van der Waals surface area contributed by atoms with Gasteiger partial charge in [-0.1, -0.05) is 13.8 Å². The Bertz CT molecular complexity index is 450. The normalized spacial score (nSPS) is 23.0. The van der Waals surface area contributed by atoms with Crippen molar-refractivity contribution < 1.29 is 13.9 Å². The van der Waals surface area contributed by atoms with Crippen LogP contribution < -0.4 is 5.32 Å². The highest BCUT2D eigenvalue weighted by atomic mass is 16.5. The fraction of sp³-hybridized carbons (Fsp3) is 0.667. The molecule has 1 N–H and O–H groups in total. The van der Waals surface area contributed by atoms with E-state index >= 15 is 0 Å². The summed E-state index contributed by atoms with van der Waals surface area (Å²) in [4.78, 5) is 12.1. The van der Waals surface area contributed by atoms with E-state index < -0.39 is 0 Å². The van der Waals surface area contributed by atoms with Crippen LogP contribution >= 0.6 is 0 Å². The number of carbonyl (C=O) groups excluding carboxylic acids is 1. The zero-order valence-corrected chi connectivity index (χ0v) is 12.2. The van der Waals surface area contributed by atoms with Gasteiger partial charge < -0.3 is 14.5 Å². The second-order valence-corrected chi connectivity index (χ2v) is 5.67. The highest BCUT2D eigenvalue weighted by Gasteiger charge is 2.31. The van der Waals surface area contributed by atoms with Crippen molar-refractivity contribution in [2.75, 3.05) is 13.2 Å². The SMILES string of the molecule is Cc1cc(C(=O)NC[C@H]2CCO[C@@H]2C(C)C)c(C)o1. The second kappa shape index (κ2) is 5.78. The highest BCUT2D eigenvalue weighted by Crippen LogP contribution is 2.26. The molecule has 0 radical (unpaired) electrons. The van der Waals surface area contributed by atoms with Crippen LogP contribution in [0.15, 0.2) is 10.5 Å². The van der Waals surface area contributed by atoms with Crippen LogP contribution in [0.1, 0.15) is 42.1 Å². The first-order valence-electron chi connectivity index (χ1n) is 6.96. The molecule has 1 fully saturated rings. The third-order valence-electron chi connectivity index (χ3n) is 3.73. The van der Waals surface area contributed by atoms with Gasteiger partial charge in [0.1, 0.15) is 11.5 Å². The summed E-state index contributed by atoms with van der Waals surface area (Å²) in [6.07, 6.45) is 1.28. The topological polar surface area (TPSA) is 51.5 Å². The molecule has 1 saturated heterocycles. The summed E-state index contributed by atoms with van der Waals surface area (Å²) in [6, 6.07) is 1.79. The smallest absolute Gasteiger partial charge is 0.254 e. The molecule has 0 unspecified atom stereocenters. The van der Waals surface area contributed by atoms with E-state index in [0.717, 1.165) is 18.8 Å². The summed E-state index contributed by atoms with van der Waals surface area (Å²) in [5, 5.41) is 3.00. The first-order chi connectivity index (χ1) is 8.99. The van der Waals surface area contributed by atoms with Crippen LogP contribution in [0.2, 0.25) is 0 Å². The Morgan fingerprint density at radius 1 is 1.47 bits per heavy atom. The molecule has 0 bridgehead atoms. The lowest BCUT2D eigenvalue weighted by Gasteiger charge is -2.22. The highest BCUT2D eigenvalue weighted by molar-refractivity contribution is 5.95. The summed E-state index contributed by atoms with van der Waals surface area (Å²) in [5.41, 5.74) is 0.637. The van der Waals surface area contributed by atoms with Crippen LogP contribution in [-0.2, 0) is 4.74 Å². The molecular formula is C15H23NO3. The van der Waals surface area contributed by atoms with Gasteiger partial charge in [-0.2, -0.15) is 0 Å². The quantitative estimate of drug-likeness (QED) is 0.910. The van der Waals surface area contributed by atoms with E-state index in [1.807, 2.05) is 13.8 Å². The van der Waals surface area contributed by atoms with Crippen molar-refractivity contribution in [3.8, 4) is 0 Å². The largest absolute Gasteiger partial charge is 0.466 e. The molecule has 4 nitrogen and oxygen atoms in total. The van der Waals surface area contributed by atoms with Crippen LogP contribution in [0.3, 0.4) is 0 Å². The van der Waals surface area contributed by atoms with Gasteiger partial charge in [0.15, 0.2) is 0 Å². The second-order valence-electron chi connectivity index (χ2n) is 5.67. The molecule has 2 rings (SSSR count). The minimum absolute atomic E-state index is 0.0521. The summed E-state index contributed by atoms with van der Waals surface area (Å²) in [5.74, 6) is 2.30. The summed E-state index contributed by atoms with van der Waals surface area (Å²) >= 11 is 0. The van der Waals surface area contributed by atoms with Gasteiger partial charge in [0.2, 0.25) is 0 Å². The van der Waals surface area contributed by atoms with Crippen molar-refractivity contribution in [1.29, 1.82) is 0 Å². The van der Waals surface area contributed by atoms with Crippen molar-refractivity contribution in [1.82, 2.24) is 5.32 Å². The Morgan fingerprint density at radius 3 is 2.79 bits per heavy atom. The Balaban J connectivity index is 1.92. The van der Waals surface area contributed by atoms with E-state index in [-0.39, 0.29) is 12.0 Å². The Kier molecular flexibility index (Phi) is 4.30. The van der Waals surface area contributed by atoms with E-state index in [1.54, 1.807) is 6.07 Å². The lowest BCUT2D eigenvalue weighted by Crippen LogP contribution is -2.35. The van der Waals surface area contributed by atoms with E-state index in [1.165, 1.54) is 0 Å². The van der Waals surface area contributed by atoms with E-state index in [2.05, 4.69) is 19.2 Å². The lowest BCUT2D eigenvalue weighted by molar-refractivity contribution is 0.0533. The molecule has 1 aliphatic rings. The number of rotatable bonds is 4. The van der Waals surface area contributed by atoms with Gasteiger partial charge in [0.05, 0.1) is 11.7 Å². The van der Waals surface area contributed by atoms with Crippen molar-refractivity contribution in [2.24, 2.45) is 11.8 Å². The number of amides is 1. The van der Waals surface area contributed by atoms with Crippen LogP contribution in [0.4, 0.5) is 0 Å². The minimum atomic E-state index is -0.0521. The Hall–Kier alpha value is -1.29. The number of hydrogen-bond acceptors (Lipinski definition) is 3. The number of carbonyl (C=O) groups is 1. The van der Waals surface area contributed by atoms with Gasteiger partial charge in [-0.05, 0) is 32.3 Å². The molecule has 0 aromatic carbocycles. The third kappa shape index (κ3) is 3.18. The zero-order valence-electron chi connectivity index (χ0n) is 12.2. The molecule has 0 spiro atoms. The summed E-state index contributed by atoms with van der Waals surface area (Å²) in [7, 11) is 0. The number of ether oxygens (including phenoxy) is 1. The molecule has 2 heterocycles. The fourth-order valence-corrected chi connectivity index (χ4v) is 2.79. The van der Waals surface area contributed by atoms with Crippen LogP contribution in [-0.4, -0.2) is 25.2 Å². The van der Waals surface area contributed by atoms with E-state index in [4.69, 9.17) is 9.15 Å². The van der Waals surface area contributed by atoms with Crippen molar-refractivity contribution in [3.63, 3.8) is 0 Å². The standard InChI is InChI=1S/C15H23NO3/c1-9(2)14-12(5-6-18-14)8-16-15(17)13-7-10(3)19-11(13)4/h7,9,12,14H,5-6,8H2,1-4H3,(H,16,17)/t12-,14-/m1/s1. The molecular weight excluding hydrogens is 242 g/mol. The van der Waals surface area contributed by atoms with E-state index in [9.17, 15) is 4.79 Å². The molecule has 1 aromatic heterocycles. The average Bonchev–Trinajstić information content (AvgIpc) is 2.92. The van der Waals surface area contributed by atoms with Gasteiger partial charge in [-0.3, -0.25) is 4.79 Å². The first-order valence-corrected chi connectivity index (χ1v) is 6.96. The number of furan rings is 1. The molecule has 0 aliphatic carbocycles. The van der Waals surface area contributed by atoms with Gasteiger partial charge in [-0.25, -0.2) is 0 Å². The summed E-state index contributed by atoms with van der Waals surface area (Å²) in [6.45, 7) is 9.46. The van der Waals surface area contributed by atoms with Crippen LogP contribution in [0.5, 0.6) is 0 Å². The fourth-order valence-electron chi connectivity index (χ4n) is 2.79. The van der Waals surface area contributed by atoms with Crippen LogP contribution in [0, 0.1) is 25.7 Å². The lowest BCUT2D eigenvalue weighted by atomic mass is 9.93. The maximum Gasteiger partial charge on any atom is 0.254 e. The average molecular weight is 265 g/mol. The summed E-state index contributed by atoms with van der Waals surface area (Å²) < 4.78 is 11.1. The van der Waals surface area contributed by atoms with Gasteiger partial charge >= 0.3 is 0 Å². The van der Waals surface area contributed by atoms with Gasteiger partial charge in [0.25, 0.3) is 5.91 Å². The minimum Gasteiger partial charge on any atom is -0.466 e. The zero-order chi connectivity index (χ0) is 14.0. The molecule has 106 valence electrons. The van der Waals surface area contributed by atoms with Crippen molar-refractivity contribution in [3.05, 3.63) is 23.2 Å². The van der Waals surface area contributed by atoms with Crippen molar-refractivity contribution in [2.45, 2.75) is 40.2 Å². The maximum atomic E-state index is 12.1. The molecule has 1 aliphatic heterocycles. The molecule has 19 heavy (non-hydrogen) atoms. The molecule has 2 atom stereocenters. The molecule has 4 heteroatoms. The predicted octanol–water partition coefficient (Wildman–Crippen LogP) is 2.69. The van der Waals surface area contributed by atoms with Crippen molar-refractivity contribution >= 4 is 5.91 Å². The number of nitrogens with one attached hydrogen (secondary N) is 1. The van der Waals surface area contributed by atoms with Crippen LogP contribution in [0.25, 0.3) is 0 Å². The molecule has 1 amide bonds. The number of aryl methyl sites for hydroxylation is 2. The van der Waals surface area contributed by atoms with Gasteiger partial charge in [-0.15, -0.1) is 0 Å². The predicted molar refractivity (Wildman–Crippen MR) is 73.2 cm³/mol. The molecule has 0 saturated carbocycles. The maximum absolute atomic E-state index is 12.1. The Morgan fingerprint density at radius 2 is 2.21 bits per heavy atom. The van der Waals surface area contributed by atoms with Gasteiger partial charge in [0, 0.05) is 19.1 Å². The number of hydrogen-bond donors (Lipinski definition) is 1. The monoisotopic (exact) mass is 265 g/mol. The first kappa shape index (κ1) is 14.1. The third-order valence-corrected chi connectivity index (χ3v) is 3.73. The Labute approximate surface area is 114 Å².